The molecule has 1 heterocycles. The molecule has 0 spiro atoms. The monoisotopic (exact) mass is 288 g/mol. The number of hydrogen-bond donors (Lipinski definition) is 1. The third-order valence-corrected chi connectivity index (χ3v) is 4.29. The summed E-state index contributed by atoms with van der Waals surface area (Å²) in [5.74, 6) is -0.350. The summed E-state index contributed by atoms with van der Waals surface area (Å²) in [6.07, 6.45) is 2.73. The summed E-state index contributed by atoms with van der Waals surface area (Å²) in [7, 11) is 0. The molecule has 1 fully saturated rings. The van der Waals surface area contributed by atoms with Crippen LogP contribution < -0.4 is 4.90 Å². The van der Waals surface area contributed by atoms with Crippen LogP contribution in [0.25, 0.3) is 0 Å². The van der Waals surface area contributed by atoms with Crippen molar-refractivity contribution in [2.24, 2.45) is 5.92 Å². The van der Waals surface area contributed by atoms with E-state index in [1.807, 2.05) is 31.2 Å². The first kappa shape index (κ1) is 13.9. The highest BCUT2D eigenvalue weighted by molar-refractivity contribution is 6.01. The number of amides is 2. The topological polar surface area (TPSA) is 60.9 Å². The van der Waals surface area contributed by atoms with Crippen molar-refractivity contribution in [3.63, 3.8) is 0 Å². The number of nitrogens with zero attached hydrogens (tertiary/aromatic N) is 2. The Morgan fingerprint density at radius 3 is 2.67 bits per heavy atom. The maximum absolute atomic E-state index is 12.8. The number of rotatable bonds is 4. The van der Waals surface area contributed by atoms with E-state index in [2.05, 4.69) is 0 Å². The molecule has 0 radical (unpaired) electrons. The minimum absolute atomic E-state index is 0.179. The van der Waals surface area contributed by atoms with Crippen LogP contribution in [0, 0.1) is 5.92 Å². The number of anilines is 1. The summed E-state index contributed by atoms with van der Waals surface area (Å²) in [6, 6.07) is 6.50. The van der Waals surface area contributed by atoms with Crippen LogP contribution in [0.2, 0.25) is 0 Å². The zero-order chi connectivity index (χ0) is 15.0. The van der Waals surface area contributed by atoms with Crippen LogP contribution in [-0.2, 0) is 11.2 Å². The number of carbonyl (C=O) groups excluding carboxylic acids is 1. The summed E-state index contributed by atoms with van der Waals surface area (Å²) in [4.78, 5) is 27.6. The minimum atomic E-state index is -0.943. The van der Waals surface area contributed by atoms with E-state index in [0.29, 0.717) is 18.9 Å². The molecule has 1 aliphatic heterocycles. The fraction of sp³-hybridized carbons (Fsp3) is 0.500. The average Bonchev–Trinajstić information content (AvgIpc) is 3.21. The smallest absolute Gasteiger partial charge is 0.327 e. The van der Waals surface area contributed by atoms with Gasteiger partial charge < -0.3 is 10.0 Å². The van der Waals surface area contributed by atoms with Gasteiger partial charge in [0.2, 0.25) is 0 Å². The number of para-hydroxylation sites is 1. The number of fused-ring (bicyclic) bond motifs is 1. The first-order chi connectivity index (χ1) is 10.1. The largest absolute Gasteiger partial charge is 0.480 e. The highest BCUT2D eigenvalue weighted by Crippen LogP contribution is 2.34. The van der Waals surface area contributed by atoms with E-state index in [1.54, 1.807) is 4.90 Å². The first-order valence-electron chi connectivity index (χ1n) is 7.50. The number of urea groups is 1. The van der Waals surface area contributed by atoms with Gasteiger partial charge in [-0.1, -0.05) is 18.2 Å². The molecule has 0 aromatic heterocycles. The molecule has 1 saturated carbocycles. The van der Waals surface area contributed by atoms with Crippen molar-refractivity contribution in [1.29, 1.82) is 0 Å². The molecule has 5 heteroatoms. The first-order valence-corrected chi connectivity index (χ1v) is 7.50. The van der Waals surface area contributed by atoms with Crippen LogP contribution in [0.3, 0.4) is 0 Å². The maximum atomic E-state index is 12.8. The Labute approximate surface area is 124 Å². The molecular weight excluding hydrogens is 268 g/mol. The molecule has 1 aliphatic carbocycles. The van der Waals surface area contributed by atoms with E-state index in [9.17, 15) is 14.7 Å². The Morgan fingerprint density at radius 1 is 1.33 bits per heavy atom. The lowest BCUT2D eigenvalue weighted by molar-refractivity contribution is -0.138. The highest BCUT2D eigenvalue weighted by atomic mass is 16.4. The lowest BCUT2D eigenvalue weighted by atomic mass is 10.1. The molecule has 112 valence electrons. The Bertz CT molecular complexity index is 568. The van der Waals surface area contributed by atoms with E-state index in [4.69, 9.17) is 0 Å². The third kappa shape index (κ3) is 2.60. The molecule has 21 heavy (non-hydrogen) atoms. The van der Waals surface area contributed by atoms with Crippen molar-refractivity contribution in [3.05, 3.63) is 29.8 Å². The summed E-state index contributed by atoms with van der Waals surface area (Å²) in [5, 5.41) is 9.44. The fourth-order valence-electron chi connectivity index (χ4n) is 2.93. The zero-order valence-corrected chi connectivity index (χ0v) is 12.2. The molecule has 2 amide bonds. The van der Waals surface area contributed by atoms with Gasteiger partial charge in [-0.25, -0.2) is 9.59 Å². The third-order valence-electron chi connectivity index (χ3n) is 4.29. The van der Waals surface area contributed by atoms with Crippen molar-refractivity contribution < 1.29 is 14.7 Å². The van der Waals surface area contributed by atoms with Crippen LogP contribution in [-0.4, -0.2) is 41.1 Å². The van der Waals surface area contributed by atoms with Crippen molar-refractivity contribution in [1.82, 2.24) is 4.90 Å². The number of carboxylic acids is 1. The van der Waals surface area contributed by atoms with Gasteiger partial charge in [-0.05, 0) is 37.3 Å². The average molecular weight is 288 g/mol. The molecule has 1 aromatic carbocycles. The van der Waals surface area contributed by atoms with Gasteiger partial charge in [-0.15, -0.1) is 0 Å². The van der Waals surface area contributed by atoms with Crippen LogP contribution >= 0.6 is 0 Å². The summed E-state index contributed by atoms with van der Waals surface area (Å²) < 4.78 is 0. The normalized spacial score (nSPS) is 20.2. The predicted molar refractivity (Wildman–Crippen MR) is 79.4 cm³/mol. The lowest BCUT2D eigenvalue weighted by Gasteiger charge is -2.30. The molecule has 0 saturated heterocycles. The van der Waals surface area contributed by atoms with E-state index in [0.717, 1.165) is 17.8 Å². The van der Waals surface area contributed by atoms with Crippen LogP contribution in [0.4, 0.5) is 10.5 Å². The SMILES string of the molecule is CCN(CC1CC1)C(=O)N1c2ccccc2C[C@H]1C(=O)O. The summed E-state index contributed by atoms with van der Waals surface area (Å²) in [6.45, 7) is 3.29. The van der Waals surface area contributed by atoms with Crippen molar-refractivity contribution >= 4 is 17.7 Å². The zero-order valence-electron chi connectivity index (χ0n) is 12.2. The second kappa shape index (κ2) is 5.39. The standard InChI is InChI=1S/C16H20N2O3/c1-2-17(10-11-7-8-11)16(21)18-13-6-4-3-5-12(13)9-14(18)15(19)20/h3-6,11,14H,2,7-10H2,1H3,(H,19,20)/t14-/m0/s1. The van der Waals surface area contributed by atoms with Gasteiger partial charge >= 0.3 is 12.0 Å². The molecular formula is C16H20N2O3. The molecule has 1 atom stereocenters. The Morgan fingerprint density at radius 2 is 2.05 bits per heavy atom. The lowest BCUT2D eigenvalue weighted by Crippen LogP contribution is -2.50. The quantitative estimate of drug-likeness (QED) is 0.925. The number of carboxylic acid groups (broad SMARTS) is 1. The van der Waals surface area contributed by atoms with Gasteiger partial charge in [0.15, 0.2) is 0 Å². The van der Waals surface area contributed by atoms with E-state index < -0.39 is 12.0 Å². The predicted octanol–water partition coefficient (Wildman–Crippen LogP) is 2.35. The number of aliphatic carboxylic acids is 1. The van der Waals surface area contributed by atoms with E-state index in [-0.39, 0.29) is 6.03 Å². The molecule has 0 unspecified atom stereocenters. The van der Waals surface area contributed by atoms with Gasteiger partial charge in [0.05, 0.1) is 0 Å². The molecule has 1 N–H and O–H groups in total. The Balaban J connectivity index is 1.88. The van der Waals surface area contributed by atoms with Crippen molar-refractivity contribution in [3.8, 4) is 0 Å². The molecule has 5 nitrogen and oxygen atoms in total. The van der Waals surface area contributed by atoms with Gasteiger partial charge in [0, 0.05) is 25.2 Å². The van der Waals surface area contributed by atoms with Crippen molar-refractivity contribution in [2.75, 3.05) is 18.0 Å². The molecule has 2 aliphatic rings. The highest BCUT2D eigenvalue weighted by Gasteiger charge is 2.40. The summed E-state index contributed by atoms with van der Waals surface area (Å²) >= 11 is 0. The van der Waals surface area contributed by atoms with Gasteiger partial charge in [-0.3, -0.25) is 4.90 Å². The maximum Gasteiger partial charge on any atom is 0.327 e. The number of hydrogen-bond acceptors (Lipinski definition) is 2. The van der Waals surface area contributed by atoms with Crippen molar-refractivity contribution in [2.45, 2.75) is 32.2 Å². The molecule has 3 rings (SSSR count). The number of carbonyl (C=O) groups is 2. The number of benzene rings is 1. The van der Waals surface area contributed by atoms with Crippen LogP contribution in [0.15, 0.2) is 24.3 Å². The van der Waals surface area contributed by atoms with E-state index >= 15 is 0 Å². The fourth-order valence-corrected chi connectivity index (χ4v) is 2.93. The second-order valence-electron chi connectivity index (χ2n) is 5.82. The molecule has 0 bridgehead atoms. The minimum Gasteiger partial charge on any atom is -0.480 e. The van der Waals surface area contributed by atoms with Gasteiger partial charge in [0.25, 0.3) is 0 Å². The van der Waals surface area contributed by atoms with Gasteiger partial charge in [-0.2, -0.15) is 0 Å². The Hall–Kier alpha value is -2.04. The van der Waals surface area contributed by atoms with Crippen LogP contribution in [0.5, 0.6) is 0 Å². The van der Waals surface area contributed by atoms with Crippen LogP contribution in [0.1, 0.15) is 25.3 Å². The van der Waals surface area contributed by atoms with E-state index in [1.165, 1.54) is 17.7 Å². The second-order valence-corrected chi connectivity index (χ2v) is 5.82. The summed E-state index contributed by atoms with van der Waals surface area (Å²) in [5.41, 5.74) is 1.67. The Kier molecular flexibility index (Phi) is 3.57. The van der Waals surface area contributed by atoms with Gasteiger partial charge in [0.1, 0.15) is 6.04 Å². The molecule has 1 aromatic rings.